The van der Waals surface area contributed by atoms with Gasteiger partial charge >= 0.3 is 0 Å². The molecule has 5 N–H and O–H groups in total. The second kappa shape index (κ2) is 5.46. The summed E-state index contributed by atoms with van der Waals surface area (Å²) in [6.07, 6.45) is 3.84. The van der Waals surface area contributed by atoms with Gasteiger partial charge < -0.3 is 16.4 Å². The van der Waals surface area contributed by atoms with Gasteiger partial charge in [0.2, 0.25) is 11.8 Å². The fourth-order valence-corrected chi connectivity index (χ4v) is 2.32. The van der Waals surface area contributed by atoms with Crippen molar-refractivity contribution in [3.05, 3.63) is 0 Å². The average molecular weight is 240 g/mol. The molecular weight excluding hydrogens is 220 g/mol. The number of hydrogen-bond donors (Lipinski definition) is 4. The van der Waals surface area contributed by atoms with Crippen molar-refractivity contribution >= 4 is 11.8 Å². The summed E-state index contributed by atoms with van der Waals surface area (Å²) >= 11 is 0. The van der Waals surface area contributed by atoms with E-state index >= 15 is 0 Å². The molecule has 0 aromatic rings. The molecule has 2 amide bonds. The number of amides is 2. The molecule has 2 fully saturated rings. The summed E-state index contributed by atoms with van der Waals surface area (Å²) in [4.78, 5) is 22.8. The molecule has 0 aromatic carbocycles. The average Bonchev–Trinajstić information content (AvgIpc) is 2.33. The van der Waals surface area contributed by atoms with Gasteiger partial charge in [0.15, 0.2) is 0 Å². The molecule has 0 spiro atoms. The Morgan fingerprint density at radius 1 is 1.29 bits per heavy atom. The van der Waals surface area contributed by atoms with Crippen LogP contribution in [0.15, 0.2) is 0 Å². The van der Waals surface area contributed by atoms with E-state index in [2.05, 4.69) is 16.0 Å². The van der Waals surface area contributed by atoms with Crippen molar-refractivity contribution in [2.45, 2.75) is 43.8 Å². The van der Waals surface area contributed by atoms with Crippen molar-refractivity contribution in [2.75, 3.05) is 13.1 Å². The summed E-state index contributed by atoms with van der Waals surface area (Å²) in [6, 6.07) is 0.222. The molecule has 0 aromatic heterocycles. The van der Waals surface area contributed by atoms with E-state index in [0.717, 1.165) is 25.7 Å². The summed E-state index contributed by atoms with van der Waals surface area (Å²) in [5.74, 6) is -0.0804. The Labute approximate surface area is 101 Å². The van der Waals surface area contributed by atoms with Crippen molar-refractivity contribution in [1.29, 1.82) is 0 Å². The van der Waals surface area contributed by atoms with E-state index < -0.39 is 0 Å². The summed E-state index contributed by atoms with van der Waals surface area (Å²) in [5.41, 5.74) is 5.81. The molecule has 1 saturated heterocycles. The van der Waals surface area contributed by atoms with Crippen LogP contribution in [0.25, 0.3) is 0 Å². The van der Waals surface area contributed by atoms with Crippen molar-refractivity contribution in [2.24, 2.45) is 5.73 Å². The zero-order chi connectivity index (χ0) is 12.3. The monoisotopic (exact) mass is 240 g/mol. The first-order chi connectivity index (χ1) is 8.15. The summed E-state index contributed by atoms with van der Waals surface area (Å²) < 4.78 is 0. The Balaban J connectivity index is 1.75. The molecule has 1 aliphatic heterocycles. The van der Waals surface area contributed by atoms with Crippen molar-refractivity contribution in [3.63, 3.8) is 0 Å². The smallest absolute Gasteiger partial charge is 0.239 e. The summed E-state index contributed by atoms with van der Waals surface area (Å²) in [5, 5.41) is 8.61. The lowest BCUT2D eigenvalue weighted by atomic mass is 9.91. The molecule has 0 bridgehead atoms. The molecule has 96 valence electrons. The zero-order valence-corrected chi connectivity index (χ0v) is 9.87. The Morgan fingerprint density at radius 2 is 2.00 bits per heavy atom. The van der Waals surface area contributed by atoms with Gasteiger partial charge in [-0.15, -0.1) is 0 Å². The fraction of sp³-hybridized carbons (Fsp3) is 0.818. The first kappa shape index (κ1) is 12.3. The van der Waals surface area contributed by atoms with Crippen LogP contribution in [0.3, 0.4) is 0 Å². The second-order valence-corrected chi connectivity index (χ2v) is 4.86. The molecule has 1 saturated carbocycles. The minimum absolute atomic E-state index is 0.0227. The van der Waals surface area contributed by atoms with Gasteiger partial charge in [0.25, 0.3) is 0 Å². The Bertz CT molecular complexity index is 290. The molecule has 0 radical (unpaired) electrons. The Kier molecular flexibility index (Phi) is 3.96. The van der Waals surface area contributed by atoms with E-state index in [1.807, 2.05) is 0 Å². The van der Waals surface area contributed by atoms with E-state index in [-0.39, 0.29) is 36.5 Å². The van der Waals surface area contributed by atoms with E-state index in [1.165, 1.54) is 0 Å². The van der Waals surface area contributed by atoms with E-state index in [0.29, 0.717) is 6.54 Å². The number of carbonyl (C=O) groups is 2. The Morgan fingerprint density at radius 3 is 2.59 bits per heavy atom. The van der Waals surface area contributed by atoms with Crippen molar-refractivity contribution in [1.82, 2.24) is 16.0 Å². The molecular formula is C11H20N4O2. The predicted octanol–water partition coefficient (Wildman–Crippen LogP) is -1.54. The number of carbonyl (C=O) groups excluding carboxylic acids is 2. The lowest BCUT2D eigenvalue weighted by Gasteiger charge is -2.29. The zero-order valence-electron chi connectivity index (χ0n) is 9.87. The van der Waals surface area contributed by atoms with Gasteiger partial charge in [0.05, 0.1) is 6.54 Å². The van der Waals surface area contributed by atoms with E-state index in [9.17, 15) is 9.59 Å². The van der Waals surface area contributed by atoms with Gasteiger partial charge in [0, 0.05) is 18.6 Å². The molecule has 6 nitrogen and oxygen atoms in total. The third kappa shape index (κ3) is 3.41. The van der Waals surface area contributed by atoms with Crippen LogP contribution in [0.4, 0.5) is 0 Å². The van der Waals surface area contributed by atoms with Crippen LogP contribution >= 0.6 is 0 Å². The molecule has 2 rings (SSSR count). The first-order valence-electron chi connectivity index (χ1n) is 6.21. The maximum atomic E-state index is 11.9. The minimum atomic E-state index is -0.303. The Hall–Kier alpha value is -1.14. The maximum Gasteiger partial charge on any atom is 0.239 e. The summed E-state index contributed by atoms with van der Waals surface area (Å²) in [7, 11) is 0. The van der Waals surface area contributed by atoms with Gasteiger partial charge in [-0.05, 0) is 25.7 Å². The topological polar surface area (TPSA) is 96.2 Å². The second-order valence-electron chi connectivity index (χ2n) is 4.86. The van der Waals surface area contributed by atoms with Crippen molar-refractivity contribution in [3.8, 4) is 0 Å². The lowest BCUT2D eigenvalue weighted by Crippen LogP contribution is -2.59. The van der Waals surface area contributed by atoms with Crippen LogP contribution in [0.5, 0.6) is 0 Å². The quantitative estimate of drug-likeness (QED) is 0.470. The standard InChI is InChI=1S/C11H20N4O2/c12-7-1-3-8(4-2-7)15-11(17)9-5-14-10(16)6-13-9/h7-9,13H,1-6,12H2,(H,14,16)(H,15,17). The summed E-state index contributed by atoms with van der Waals surface area (Å²) in [6.45, 7) is 0.588. The number of rotatable bonds is 2. The largest absolute Gasteiger partial charge is 0.353 e. The lowest BCUT2D eigenvalue weighted by molar-refractivity contribution is -0.127. The van der Waals surface area contributed by atoms with E-state index in [1.54, 1.807) is 0 Å². The van der Waals surface area contributed by atoms with Crippen LogP contribution < -0.4 is 21.7 Å². The molecule has 1 aliphatic carbocycles. The van der Waals surface area contributed by atoms with Crippen LogP contribution in [-0.2, 0) is 9.59 Å². The third-order valence-corrected chi connectivity index (χ3v) is 3.45. The highest BCUT2D eigenvalue weighted by atomic mass is 16.2. The number of nitrogens with one attached hydrogen (secondary N) is 3. The molecule has 6 heteroatoms. The highest BCUT2D eigenvalue weighted by molar-refractivity contribution is 5.86. The highest BCUT2D eigenvalue weighted by Gasteiger charge is 2.26. The molecule has 1 unspecified atom stereocenters. The SMILES string of the molecule is NC1CCC(NC(=O)C2CNC(=O)CN2)CC1. The fourth-order valence-electron chi connectivity index (χ4n) is 2.32. The molecule has 1 heterocycles. The highest BCUT2D eigenvalue weighted by Crippen LogP contribution is 2.16. The molecule has 2 aliphatic rings. The first-order valence-corrected chi connectivity index (χ1v) is 6.21. The van der Waals surface area contributed by atoms with Crippen LogP contribution in [0.1, 0.15) is 25.7 Å². The van der Waals surface area contributed by atoms with Crippen LogP contribution in [-0.4, -0.2) is 43.0 Å². The van der Waals surface area contributed by atoms with E-state index in [4.69, 9.17) is 5.73 Å². The number of hydrogen-bond acceptors (Lipinski definition) is 4. The van der Waals surface area contributed by atoms with Crippen LogP contribution in [0.2, 0.25) is 0 Å². The van der Waals surface area contributed by atoms with Gasteiger partial charge in [0.1, 0.15) is 6.04 Å². The predicted molar refractivity (Wildman–Crippen MR) is 63.2 cm³/mol. The molecule has 17 heavy (non-hydrogen) atoms. The van der Waals surface area contributed by atoms with Gasteiger partial charge in [-0.1, -0.05) is 0 Å². The third-order valence-electron chi connectivity index (χ3n) is 3.45. The van der Waals surface area contributed by atoms with Gasteiger partial charge in [-0.3, -0.25) is 14.9 Å². The van der Waals surface area contributed by atoms with Crippen LogP contribution in [0, 0.1) is 0 Å². The van der Waals surface area contributed by atoms with Gasteiger partial charge in [-0.2, -0.15) is 0 Å². The van der Waals surface area contributed by atoms with Crippen molar-refractivity contribution < 1.29 is 9.59 Å². The minimum Gasteiger partial charge on any atom is -0.353 e. The number of piperazine rings is 1. The number of nitrogens with two attached hydrogens (primary N) is 1. The normalized spacial score (nSPS) is 33.9. The molecule has 1 atom stereocenters. The maximum absolute atomic E-state index is 11.9. The van der Waals surface area contributed by atoms with Gasteiger partial charge in [-0.25, -0.2) is 0 Å².